The minimum Gasteiger partial charge on any atom is -0.497 e. The van der Waals surface area contributed by atoms with Crippen LogP contribution in [0.2, 0.25) is 0 Å². The smallest absolute Gasteiger partial charge is 0.124 e. The zero-order valence-electron chi connectivity index (χ0n) is 8.81. The lowest BCUT2D eigenvalue weighted by molar-refractivity contribution is 0.394. The van der Waals surface area contributed by atoms with E-state index in [9.17, 15) is 0 Å². The van der Waals surface area contributed by atoms with Gasteiger partial charge in [-0.25, -0.2) is 0 Å². The molecule has 0 aliphatic carbocycles. The van der Waals surface area contributed by atoms with Crippen molar-refractivity contribution in [1.82, 2.24) is 4.57 Å². The van der Waals surface area contributed by atoms with Gasteiger partial charge >= 0.3 is 0 Å². The molecule has 1 aromatic carbocycles. The second kappa shape index (κ2) is 4.09. The Balaban J connectivity index is 2.47. The van der Waals surface area contributed by atoms with Crippen molar-refractivity contribution in [1.29, 1.82) is 0 Å². The molecule has 3 heteroatoms. The normalized spacial score (nSPS) is 10.0. The first-order valence-electron chi connectivity index (χ1n) is 4.70. The highest BCUT2D eigenvalue weighted by Gasteiger charge is 2.02. The van der Waals surface area contributed by atoms with Gasteiger partial charge in [-0.15, -0.1) is 0 Å². The molecule has 2 rings (SSSR count). The summed E-state index contributed by atoms with van der Waals surface area (Å²) in [5, 5.41) is 0. The maximum atomic E-state index is 5.20. The molecule has 0 bridgehead atoms. The number of hydrogen-bond acceptors (Lipinski definition) is 2. The van der Waals surface area contributed by atoms with Crippen molar-refractivity contribution in [3.63, 3.8) is 0 Å². The van der Waals surface area contributed by atoms with Crippen LogP contribution in [0.4, 0.5) is 0 Å². The van der Waals surface area contributed by atoms with E-state index in [1.54, 1.807) is 14.2 Å². The molecule has 0 amide bonds. The van der Waals surface area contributed by atoms with Gasteiger partial charge in [-0.2, -0.15) is 0 Å². The third kappa shape index (κ3) is 1.96. The van der Waals surface area contributed by atoms with Gasteiger partial charge in [-0.3, -0.25) is 0 Å². The van der Waals surface area contributed by atoms with Crippen LogP contribution in [0.1, 0.15) is 0 Å². The maximum absolute atomic E-state index is 5.20. The fraction of sp³-hybridized carbons (Fsp3) is 0.167. The van der Waals surface area contributed by atoms with Crippen LogP contribution in [-0.2, 0) is 0 Å². The van der Waals surface area contributed by atoms with Gasteiger partial charge in [0.15, 0.2) is 0 Å². The summed E-state index contributed by atoms with van der Waals surface area (Å²) in [4.78, 5) is 0. The van der Waals surface area contributed by atoms with Crippen molar-refractivity contribution in [3.8, 4) is 17.2 Å². The number of aromatic nitrogens is 1. The molecule has 1 aromatic heterocycles. The standard InChI is InChI=1S/C12H13NO2/c1-14-11-7-10(8-12(9-11)15-2)13-5-3-4-6-13/h3-9H,1-2H3. The Hall–Kier alpha value is -1.90. The molecule has 2 aromatic rings. The van der Waals surface area contributed by atoms with E-state index in [1.165, 1.54) is 0 Å². The summed E-state index contributed by atoms with van der Waals surface area (Å²) in [6, 6.07) is 9.73. The van der Waals surface area contributed by atoms with Crippen molar-refractivity contribution in [2.75, 3.05) is 14.2 Å². The minimum absolute atomic E-state index is 0.790. The van der Waals surface area contributed by atoms with Crippen LogP contribution in [0.15, 0.2) is 42.7 Å². The Bertz CT molecular complexity index is 413. The van der Waals surface area contributed by atoms with E-state index in [-0.39, 0.29) is 0 Å². The molecule has 78 valence electrons. The van der Waals surface area contributed by atoms with Gasteiger partial charge in [-0.1, -0.05) is 0 Å². The molecule has 1 heterocycles. The van der Waals surface area contributed by atoms with E-state index in [1.807, 2.05) is 47.3 Å². The monoisotopic (exact) mass is 203 g/mol. The van der Waals surface area contributed by atoms with Crippen molar-refractivity contribution in [2.45, 2.75) is 0 Å². The summed E-state index contributed by atoms with van der Waals surface area (Å²) in [5.41, 5.74) is 1.02. The summed E-state index contributed by atoms with van der Waals surface area (Å²) in [5.74, 6) is 1.58. The van der Waals surface area contributed by atoms with Crippen LogP contribution in [0, 0.1) is 0 Å². The third-order valence-electron chi connectivity index (χ3n) is 2.24. The predicted octanol–water partition coefficient (Wildman–Crippen LogP) is 2.49. The van der Waals surface area contributed by atoms with E-state index in [2.05, 4.69) is 0 Å². The number of nitrogens with zero attached hydrogens (tertiary/aromatic N) is 1. The topological polar surface area (TPSA) is 23.4 Å². The fourth-order valence-corrected chi connectivity index (χ4v) is 1.45. The zero-order chi connectivity index (χ0) is 10.7. The number of hydrogen-bond donors (Lipinski definition) is 0. The SMILES string of the molecule is COc1cc(OC)cc(-n2cccc2)c1. The Morgan fingerprint density at radius 2 is 1.40 bits per heavy atom. The molecular formula is C12H13NO2. The summed E-state index contributed by atoms with van der Waals surface area (Å²) < 4.78 is 12.4. The van der Waals surface area contributed by atoms with Gasteiger partial charge in [0, 0.05) is 30.6 Å². The molecule has 0 fully saturated rings. The van der Waals surface area contributed by atoms with Crippen LogP contribution < -0.4 is 9.47 Å². The molecule has 0 atom stereocenters. The van der Waals surface area contributed by atoms with E-state index >= 15 is 0 Å². The molecule has 0 aliphatic heterocycles. The molecule has 0 N–H and O–H groups in total. The first-order valence-corrected chi connectivity index (χ1v) is 4.70. The third-order valence-corrected chi connectivity index (χ3v) is 2.24. The molecule has 0 unspecified atom stereocenters. The van der Waals surface area contributed by atoms with Gasteiger partial charge in [0.25, 0.3) is 0 Å². The number of methoxy groups -OCH3 is 2. The predicted molar refractivity (Wildman–Crippen MR) is 58.9 cm³/mol. The molecule has 0 radical (unpaired) electrons. The van der Waals surface area contributed by atoms with Crippen LogP contribution in [-0.4, -0.2) is 18.8 Å². The lowest BCUT2D eigenvalue weighted by atomic mass is 10.2. The Kier molecular flexibility index (Phi) is 2.63. The van der Waals surface area contributed by atoms with Crippen LogP contribution in [0.25, 0.3) is 5.69 Å². The van der Waals surface area contributed by atoms with E-state index < -0.39 is 0 Å². The number of ether oxygens (including phenoxy) is 2. The Morgan fingerprint density at radius 1 is 0.867 bits per heavy atom. The lowest BCUT2D eigenvalue weighted by Gasteiger charge is -2.09. The number of rotatable bonds is 3. The molecular weight excluding hydrogens is 190 g/mol. The Labute approximate surface area is 88.9 Å². The van der Waals surface area contributed by atoms with Gasteiger partial charge in [-0.05, 0) is 12.1 Å². The van der Waals surface area contributed by atoms with Gasteiger partial charge in [0.1, 0.15) is 11.5 Å². The Morgan fingerprint density at radius 3 is 1.87 bits per heavy atom. The quantitative estimate of drug-likeness (QED) is 0.765. The van der Waals surface area contributed by atoms with Gasteiger partial charge < -0.3 is 14.0 Å². The molecule has 0 saturated heterocycles. The summed E-state index contributed by atoms with van der Waals surface area (Å²) in [6.45, 7) is 0. The van der Waals surface area contributed by atoms with E-state index in [0.29, 0.717) is 0 Å². The summed E-state index contributed by atoms with van der Waals surface area (Å²) in [6.07, 6.45) is 3.96. The highest BCUT2D eigenvalue weighted by Crippen LogP contribution is 2.24. The van der Waals surface area contributed by atoms with Crippen LogP contribution in [0.5, 0.6) is 11.5 Å². The summed E-state index contributed by atoms with van der Waals surface area (Å²) in [7, 11) is 3.29. The van der Waals surface area contributed by atoms with Crippen LogP contribution in [0.3, 0.4) is 0 Å². The first-order chi connectivity index (χ1) is 7.33. The summed E-state index contributed by atoms with van der Waals surface area (Å²) >= 11 is 0. The van der Waals surface area contributed by atoms with Crippen molar-refractivity contribution >= 4 is 0 Å². The fourth-order valence-electron chi connectivity index (χ4n) is 1.45. The van der Waals surface area contributed by atoms with Crippen molar-refractivity contribution in [2.24, 2.45) is 0 Å². The maximum Gasteiger partial charge on any atom is 0.124 e. The van der Waals surface area contributed by atoms with E-state index in [0.717, 1.165) is 17.2 Å². The minimum atomic E-state index is 0.790. The molecule has 0 aliphatic rings. The van der Waals surface area contributed by atoms with Crippen molar-refractivity contribution in [3.05, 3.63) is 42.7 Å². The van der Waals surface area contributed by atoms with Gasteiger partial charge in [0.2, 0.25) is 0 Å². The highest BCUT2D eigenvalue weighted by atomic mass is 16.5. The highest BCUT2D eigenvalue weighted by molar-refractivity contribution is 5.46. The van der Waals surface area contributed by atoms with E-state index in [4.69, 9.17) is 9.47 Å². The average Bonchev–Trinajstić information content (AvgIpc) is 2.81. The number of benzene rings is 1. The van der Waals surface area contributed by atoms with Crippen LogP contribution >= 0.6 is 0 Å². The lowest BCUT2D eigenvalue weighted by Crippen LogP contribution is -1.93. The van der Waals surface area contributed by atoms with Crippen molar-refractivity contribution < 1.29 is 9.47 Å². The zero-order valence-corrected chi connectivity index (χ0v) is 8.81. The largest absolute Gasteiger partial charge is 0.497 e. The average molecular weight is 203 g/mol. The molecule has 0 saturated carbocycles. The molecule has 0 spiro atoms. The second-order valence-corrected chi connectivity index (χ2v) is 3.16. The second-order valence-electron chi connectivity index (χ2n) is 3.16. The van der Waals surface area contributed by atoms with Gasteiger partial charge in [0.05, 0.1) is 19.9 Å². The first kappa shape index (κ1) is 9.65. The molecule has 3 nitrogen and oxygen atoms in total. The molecule has 15 heavy (non-hydrogen) atoms.